The minimum absolute atomic E-state index is 0.700. The topological polar surface area (TPSA) is 18.5 Å². The van der Waals surface area contributed by atoms with Gasteiger partial charge in [-0.2, -0.15) is 0 Å². The minimum atomic E-state index is -1.03. The van der Waals surface area contributed by atoms with Gasteiger partial charge < -0.3 is 9.05 Å². The van der Waals surface area contributed by atoms with Gasteiger partial charge >= 0.3 is 0 Å². The standard InChI is InChI=1S/C37H30O2P2/c1-5-19-32(20-6-1)40(33-21-7-2-8-22-33)38-36-27-15-13-17-30(36)29-31-18-14-16-28-37(31)39-41(34-23-9-3-10-24-34)35-25-11-4-12-26-35/h1-28H,29H2. The van der Waals surface area contributed by atoms with E-state index in [9.17, 15) is 0 Å². The van der Waals surface area contributed by atoms with Crippen molar-refractivity contribution in [2.24, 2.45) is 0 Å². The van der Waals surface area contributed by atoms with Crippen LogP contribution in [0.5, 0.6) is 11.5 Å². The van der Waals surface area contributed by atoms with Crippen molar-refractivity contribution < 1.29 is 9.05 Å². The van der Waals surface area contributed by atoms with Crippen LogP contribution < -0.4 is 30.3 Å². The lowest BCUT2D eigenvalue weighted by Crippen LogP contribution is -2.16. The lowest BCUT2D eigenvalue weighted by molar-refractivity contribution is 0.611. The number of hydrogen-bond donors (Lipinski definition) is 0. The molecule has 0 saturated heterocycles. The van der Waals surface area contributed by atoms with E-state index in [1.165, 1.54) is 21.2 Å². The first-order valence-electron chi connectivity index (χ1n) is 13.7. The normalized spacial score (nSPS) is 11.0. The average molecular weight is 569 g/mol. The highest BCUT2D eigenvalue weighted by molar-refractivity contribution is 7.69. The van der Waals surface area contributed by atoms with Crippen LogP contribution in [0.2, 0.25) is 0 Å². The first kappa shape index (κ1) is 27.0. The second-order valence-corrected chi connectivity index (χ2v) is 13.1. The molecular formula is C37H30O2P2. The molecule has 0 aliphatic rings. The van der Waals surface area contributed by atoms with Gasteiger partial charge in [0.05, 0.1) is 0 Å². The van der Waals surface area contributed by atoms with Crippen LogP contribution in [0.3, 0.4) is 0 Å². The second-order valence-electron chi connectivity index (χ2n) is 9.51. The number of hydrogen-bond acceptors (Lipinski definition) is 2. The molecule has 4 heteroatoms. The maximum Gasteiger partial charge on any atom is 0.150 e. The zero-order chi connectivity index (χ0) is 27.7. The molecule has 6 aromatic rings. The summed E-state index contributed by atoms with van der Waals surface area (Å²) >= 11 is 0. The zero-order valence-corrected chi connectivity index (χ0v) is 24.4. The van der Waals surface area contributed by atoms with E-state index in [0.29, 0.717) is 6.42 Å². The summed E-state index contributed by atoms with van der Waals surface area (Å²) in [6.45, 7) is 0. The molecule has 0 fully saturated rings. The Morgan fingerprint density at radius 2 is 0.585 bits per heavy atom. The van der Waals surface area contributed by atoms with E-state index >= 15 is 0 Å². The van der Waals surface area contributed by atoms with Gasteiger partial charge in [0.15, 0.2) is 16.3 Å². The van der Waals surface area contributed by atoms with E-state index in [0.717, 1.165) is 22.6 Å². The van der Waals surface area contributed by atoms with Crippen LogP contribution >= 0.6 is 16.3 Å². The maximum absolute atomic E-state index is 6.88. The third-order valence-electron chi connectivity index (χ3n) is 6.67. The van der Waals surface area contributed by atoms with Crippen molar-refractivity contribution in [3.8, 4) is 11.5 Å². The molecule has 0 spiro atoms. The minimum Gasteiger partial charge on any atom is -0.464 e. The van der Waals surface area contributed by atoms with E-state index < -0.39 is 16.3 Å². The highest BCUT2D eigenvalue weighted by Gasteiger charge is 2.21. The van der Waals surface area contributed by atoms with Crippen molar-refractivity contribution in [2.45, 2.75) is 6.42 Å². The van der Waals surface area contributed by atoms with Crippen molar-refractivity contribution in [1.29, 1.82) is 0 Å². The van der Waals surface area contributed by atoms with Crippen LogP contribution in [-0.2, 0) is 6.42 Å². The van der Waals surface area contributed by atoms with Crippen LogP contribution in [0.15, 0.2) is 170 Å². The quantitative estimate of drug-likeness (QED) is 0.155. The van der Waals surface area contributed by atoms with Crippen molar-refractivity contribution in [3.05, 3.63) is 181 Å². The molecule has 0 heterocycles. The van der Waals surface area contributed by atoms with E-state index in [4.69, 9.17) is 9.05 Å². The third kappa shape index (κ3) is 6.75. The number of para-hydroxylation sites is 2. The number of benzene rings is 6. The SMILES string of the molecule is c1ccc(P(Oc2ccccc2Cc2ccccc2OP(c2ccccc2)c2ccccc2)c2ccccc2)cc1. The molecule has 0 unspecified atom stereocenters. The lowest BCUT2D eigenvalue weighted by atomic mass is 10.0. The molecule has 0 atom stereocenters. The van der Waals surface area contributed by atoms with Crippen LogP contribution in [0.1, 0.15) is 11.1 Å². The fourth-order valence-corrected chi connectivity index (χ4v) is 8.18. The molecule has 0 saturated carbocycles. The Bertz CT molecular complexity index is 1450. The van der Waals surface area contributed by atoms with Gasteiger partial charge in [0.2, 0.25) is 0 Å². The average Bonchev–Trinajstić information content (AvgIpc) is 3.05. The molecule has 200 valence electrons. The van der Waals surface area contributed by atoms with Gasteiger partial charge in [-0.25, -0.2) is 0 Å². The Morgan fingerprint density at radius 3 is 0.902 bits per heavy atom. The van der Waals surface area contributed by atoms with Crippen molar-refractivity contribution in [2.75, 3.05) is 0 Å². The molecule has 6 rings (SSSR count). The predicted octanol–water partition coefficient (Wildman–Crippen LogP) is 8.13. The fourth-order valence-electron chi connectivity index (χ4n) is 4.64. The summed E-state index contributed by atoms with van der Waals surface area (Å²) in [5.41, 5.74) is 2.26. The summed E-state index contributed by atoms with van der Waals surface area (Å²) in [4.78, 5) is 0. The van der Waals surface area contributed by atoms with Crippen LogP contribution in [-0.4, -0.2) is 0 Å². The molecule has 0 amide bonds. The maximum atomic E-state index is 6.88. The Morgan fingerprint density at radius 1 is 0.317 bits per heavy atom. The van der Waals surface area contributed by atoms with Gasteiger partial charge in [-0.3, -0.25) is 0 Å². The zero-order valence-electron chi connectivity index (χ0n) is 22.6. The van der Waals surface area contributed by atoms with Crippen LogP contribution in [0.4, 0.5) is 0 Å². The van der Waals surface area contributed by atoms with Crippen LogP contribution in [0.25, 0.3) is 0 Å². The predicted molar refractivity (Wildman–Crippen MR) is 175 cm³/mol. The van der Waals surface area contributed by atoms with Crippen molar-refractivity contribution >= 4 is 37.5 Å². The van der Waals surface area contributed by atoms with Crippen molar-refractivity contribution in [1.82, 2.24) is 0 Å². The molecule has 0 bridgehead atoms. The Kier molecular flexibility index (Phi) is 8.83. The van der Waals surface area contributed by atoms with Gasteiger partial charge in [0.1, 0.15) is 11.5 Å². The molecule has 0 aliphatic carbocycles. The molecular weight excluding hydrogens is 538 g/mol. The van der Waals surface area contributed by atoms with Crippen molar-refractivity contribution in [3.63, 3.8) is 0 Å². The van der Waals surface area contributed by atoms with Gasteiger partial charge in [-0.15, -0.1) is 0 Å². The molecule has 41 heavy (non-hydrogen) atoms. The molecule has 6 aromatic carbocycles. The van der Waals surface area contributed by atoms with E-state index in [-0.39, 0.29) is 0 Å². The summed E-state index contributed by atoms with van der Waals surface area (Å²) < 4.78 is 13.8. The summed E-state index contributed by atoms with van der Waals surface area (Å²) in [5.74, 6) is 1.80. The Hall–Kier alpha value is -4.22. The Labute approximate surface area is 244 Å². The molecule has 2 nitrogen and oxygen atoms in total. The monoisotopic (exact) mass is 568 g/mol. The van der Waals surface area contributed by atoms with E-state index in [2.05, 4.69) is 146 Å². The van der Waals surface area contributed by atoms with Gasteiger partial charge in [0, 0.05) is 27.6 Å². The molecule has 0 radical (unpaired) electrons. The highest BCUT2D eigenvalue weighted by atomic mass is 31.1. The third-order valence-corrected chi connectivity index (χ3v) is 10.5. The summed E-state index contributed by atoms with van der Waals surface area (Å²) in [7, 11) is -2.06. The van der Waals surface area contributed by atoms with Gasteiger partial charge in [-0.1, -0.05) is 158 Å². The smallest absolute Gasteiger partial charge is 0.150 e. The summed E-state index contributed by atoms with van der Waals surface area (Å²) in [5, 5.41) is 4.74. The molecule has 0 N–H and O–H groups in total. The Balaban J connectivity index is 1.32. The van der Waals surface area contributed by atoms with E-state index in [1.54, 1.807) is 0 Å². The van der Waals surface area contributed by atoms with Gasteiger partial charge in [-0.05, 0) is 23.3 Å². The largest absolute Gasteiger partial charge is 0.464 e. The highest BCUT2D eigenvalue weighted by Crippen LogP contribution is 2.41. The first-order valence-corrected chi connectivity index (χ1v) is 16.2. The summed E-state index contributed by atoms with van der Waals surface area (Å²) in [6, 6.07) is 58.8. The molecule has 0 aliphatic heterocycles. The number of rotatable bonds is 10. The van der Waals surface area contributed by atoms with Crippen LogP contribution in [0, 0.1) is 0 Å². The van der Waals surface area contributed by atoms with Gasteiger partial charge in [0.25, 0.3) is 0 Å². The lowest BCUT2D eigenvalue weighted by Gasteiger charge is -2.23. The first-order chi connectivity index (χ1) is 20.3. The van der Waals surface area contributed by atoms with E-state index in [1.807, 2.05) is 24.3 Å². The second kappa shape index (κ2) is 13.4. The fraction of sp³-hybridized carbons (Fsp3) is 0.0270. The summed E-state index contributed by atoms with van der Waals surface area (Å²) in [6.07, 6.45) is 0.700. The molecule has 0 aromatic heterocycles.